The van der Waals surface area contributed by atoms with E-state index >= 15 is 0 Å². The van der Waals surface area contributed by atoms with Crippen molar-refractivity contribution >= 4 is 18.3 Å². The van der Waals surface area contributed by atoms with Gasteiger partial charge >= 0.3 is 0 Å². The van der Waals surface area contributed by atoms with Crippen LogP contribution in [-0.4, -0.2) is 63.4 Å². The molecule has 3 aromatic rings. The van der Waals surface area contributed by atoms with Gasteiger partial charge in [0, 0.05) is 50.4 Å². The molecule has 7 nitrogen and oxygen atoms in total. The Labute approximate surface area is 225 Å². The van der Waals surface area contributed by atoms with Crippen molar-refractivity contribution in [2.75, 3.05) is 26.7 Å². The highest BCUT2D eigenvalue weighted by Crippen LogP contribution is 2.27. The van der Waals surface area contributed by atoms with Gasteiger partial charge in [0.05, 0.1) is 19.8 Å². The largest absolute Gasteiger partial charge is 0.497 e. The molecule has 2 aliphatic rings. The number of fused-ring (bicyclic) bond motifs is 1. The number of aliphatic hydroxyl groups excluding tert-OH is 1. The Balaban J connectivity index is 0.00000320. The number of aromatic nitrogens is 2. The Bertz CT molecular complexity index is 1260. The molecular weight excluding hydrogens is 488 g/mol. The number of hydrogen-bond acceptors (Lipinski definition) is 5. The summed E-state index contributed by atoms with van der Waals surface area (Å²) in [6, 6.07) is 14.6. The van der Waals surface area contributed by atoms with Crippen LogP contribution in [0.4, 0.5) is 0 Å². The predicted octanol–water partition coefficient (Wildman–Crippen LogP) is 4.13. The van der Waals surface area contributed by atoms with Gasteiger partial charge in [0.25, 0.3) is 5.91 Å². The second-order valence-electron chi connectivity index (χ2n) is 10.2. The molecule has 1 fully saturated rings. The number of aryl methyl sites for hydroxylation is 2. The number of methoxy groups -OCH3 is 1. The number of rotatable bonds is 6. The molecule has 0 aliphatic carbocycles. The molecule has 1 atom stereocenters. The first kappa shape index (κ1) is 27.2. The summed E-state index contributed by atoms with van der Waals surface area (Å²) in [5.74, 6) is 0.745. The lowest BCUT2D eigenvalue weighted by molar-refractivity contribution is 0.0466. The van der Waals surface area contributed by atoms with Gasteiger partial charge in [-0.3, -0.25) is 14.4 Å². The molecule has 0 bridgehead atoms. The van der Waals surface area contributed by atoms with E-state index in [0.717, 1.165) is 54.9 Å². The maximum Gasteiger partial charge on any atom is 0.274 e. The van der Waals surface area contributed by atoms with Crippen LogP contribution in [0.3, 0.4) is 0 Å². The van der Waals surface area contributed by atoms with Crippen LogP contribution >= 0.6 is 12.4 Å². The van der Waals surface area contributed by atoms with Gasteiger partial charge < -0.3 is 14.7 Å². The SMILES string of the molecule is COc1cccc(Cn2nc(C(=O)N3CCC[C@@H](O)C3)c3c2CCN(Cc2ccc(C)c(C)c2)C3)c1.Cl. The van der Waals surface area contributed by atoms with Crippen LogP contribution in [0.25, 0.3) is 0 Å². The summed E-state index contributed by atoms with van der Waals surface area (Å²) in [5, 5.41) is 15.1. The van der Waals surface area contributed by atoms with Crippen molar-refractivity contribution in [3.8, 4) is 5.75 Å². The fraction of sp³-hybridized carbons (Fsp3) is 0.448. The van der Waals surface area contributed by atoms with Crippen LogP contribution in [-0.2, 0) is 26.1 Å². The summed E-state index contributed by atoms with van der Waals surface area (Å²) in [5.41, 5.74) is 7.67. The Hall–Kier alpha value is -2.87. The minimum absolute atomic E-state index is 0. The number of carbonyl (C=O) groups excluding carboxylic acids is 1. The highest BCUT2D eigenvalue weighted by molar-refractivity contribution is 5.94. The van der Waals surface area contributed by atoms with E-state index in [9.17, 15) is 9.90 Å². The van der Waals surface area contributed by atoms with E-state index in [0.29, 0.717) is 31.9 Å². The topological polar surface area (TPSA) is 70.8 Å². The lowest BCUT2D eigenvalue weighted by Gasteiger charge is -2.31. The first-order valence-corrected chi connectivity index (χ1v) is 12.9. The van der Waals surface area contributed by atoms with E-state index in [1.807, 2.05) is 22.9 Å². The molecule has 1 N–H and O–H groups in total. The first-order valence-electron chi connectivity index (χ1n) is 12.9. The molecule has 8 heteroatoms. The molecule has 5 rings (SSSR count). The Morgan fingerprint density at radius 2 is 1.89 bits per heavy atom. The molecule has 1 aromatic heterocycles. The molecule has 1 amide bonds. The molecule has 0 spiro atoms. The van der Waals surface area contributed by atoms with Crippen LogP contribution in [0.2, 0.25) is 0 Å². The van der Waals surface area contributed by atoms with Gasteiger partial charge in [0.15, 0.2) is 5.69 Å². The zero-order chi connectivity index (χ0) is 25.2. The summed E-state index contributed by atoms with van der Waals surface area (Å²) in [4.78, 5) is 17.8. The second-order valence-corrected chi connectivity index (χ2v) is 10.2. The monoisotopic (exact) mass is 524 g/mol. The molecule has 0 unspecified atom stereocenters. The number of amides is 1. The number of β-amino-alcohol motifs (C(OH)–C–C–N with tert-alkyl or cyclic N) is 1. The average Bonchev–Trinajstić information content (AvgIpc) is 3.23. The number of nitrogens with zero attached hydrogens (tertiary/aromatic N) is 4. The summed E-state index contributed by atoms with van der Waals surface area (Å²) >= 11 is 0. The van der Waals surface area contributed by atoms with Crippen LogP contribution < -0.4 is 4.74 Å². The van der Waals surface area contributed by atoms with Crippen molar-refractivity contribution < 1.29 is 14.6 Å². The molecule has 2 aliphatic heterocycles. The quantitative estimate of drug-likeness (QED) is 0.525. The van der Waals surface area contributed by atoms with Crippen molar-refractivity contribution in [3.05, 3.63) is 81.7 Å². The van der Waals surface area contributed by atoms with Crippen LogP contribution in [0.5, 0.6) is 5.75 Å². The van der Waals surface area contributed by atoms with Crippen LogP contribution in [0.1, 0.15) is 56.8 Å². The number of hydrogen-bond donors (Lipinski definition) is 1. The number of piperidine rings is 1. The molecule has 2 aromatic carbocycles. The molecule has 37 heavy (non-hydrogen) atoms. The van der Waals surface area contributed by atoms with E-state index < -0.39 is 6.10 Å². The van der Waals surface area contributed by atoms with Gasteiger partial charge in [-0.2, -0.15) is 5.10 Å². The van der Waals surface area contributed by atoms with Crippen molar-refractivity contribution in [2.24, 2.45) is 0 Å². The molecule has 0 radical (unpaired) electrons. The smallest absolute Gasteiger partial charge is 0.274 e. The maximum absolute atomic E-state index is 13.6. The van der Waals surface area contributed by atoms with Gasteiger partial charge in [-0.25, -0.2) is 0 Å². The average molecular weight is 525 g/mol. The number of likely N-dealkylation sites (tertiary alicyclic amines) is 1. The standard InChI is InChI=1S/C29H36N4O3.ClH/c1-20-9-10-23(14-21(20)2)16-31-13-11-27-26(19-31)28(29(35)32-12-5-7-24(34)18-32)30-33(27)17-22-6-4-8-25(15-22)36-3;/h4,6,8-10,14-15,24,34H,5,7,11-13,16-19H2,1-3H3;1H/t24-;/m1./s1. The molecule has 0 saturated carbocycles. The minimum atomic E-state index is -0.460. The van der Waals surface area contributed by atoms with Crippen molar-refractivity contribution in [2.45, 2.75) is 58.8 Å². The molecule has 198 valence electrons. The van der Waals surface area contributed by atoms with Crippen LogP contribution in [0.15, 0.2) is 42.5 Å². The Morgan fingerprint density at radius 3 is 2.65 bits per heavy atom. The summed E-state index contributed by atoms with van der Waals surface area (Å²) in [6.07, 6.45) is 1.94. The third-order valence-electron chi connectivity index (χ3n) is 7.54. The van der Waals surface area contributed by atoms with E-state index in [2.05, 4.69) is 43.0 Å². The van der Waals surface area contributed by atoms with E-state index in [1.54, 1.807) is 12.0 Å². The number of carbonyl (C=O) groups is 1. The fourth-order valence-electron chi connectivity index (χ4n) is 5.38. The molecular formula is C29H37ClN4O3. The van der Waals surface area contributed by atoms with Crippen molar-refractivity contribution in [3.63, 3.8) is 0 Å². The zero-order valence-corrected chi connectivity index (χ0v) is 22.8. The van der Waals surface area contributed by atoms with Gasteiger partial charge in [0.1, 0.15) is 5.75 Å². The second kappa shape index (κ2) is 11.7. The van der Waals surface area contributed by atoms with Gasteiger partial charge in [-0.1, -0.05) is 30.3 Å². The van der Waals surface area contributed by atoms with Gasteiger partial charge in [0.2, 0.25) is 0 Å². The number of aliphatic hydroxyl groups is 1. The fourth-order valence-corrected chi connectivity index (χ4v) is 5.38. The summed E-state index contributed by atoms with van der Waals surface area (Å²) < 4.78 is 7.41. The Morgan fingerprint density at radius 1 is 1.08 bits per heavy atom. The molecule has 1 saturated heterocycles. The summed E-state index contributed by atoms with van der Waals surface area (Å²) in [6.45, 7) is 8.38. The predicted molar refractivity (Wildman–Crippen MR) is 146 cm³/mol. The number of halogens is 1. The Kier molecular flexibility index (Phi) is 8.57. The van der Waals surface area contributed by atoms with E-state index in [4.69, 9.17) is 9.84 Å². The maximum atomic E-state index is 13.6. The molecule has 3 heterocycles. The van der Waals surface area contributed by atoms with Crippen molar-refractivity contribution in [1.82, 2.24) is 19.6 Å². The lowest BCUT2D eigenvalue weighted by atomic mass is 10.0. The highest BCUT2D eigenvalue weighted by Gasteiger charge is 2.32. The lowest BCUT2D eigenvalue weighted by Crippen LogP contribution is -2.43. The third-order valence-corrected chi connectivity index (χ3v) is 7.54. The minimum Gasteiger partial charge on any atom is -0.497 e. The highest BCUT2D eigenvalue weighted by atomic mass is 35.5. The number of ether oxygens (including phenoxy) is 1. The number of benzene rings is 2. The van der Waals surface area contributed by atoms with E-state index in [1.165, 1.54) is 16.7 Å². The first-order chi connectivity index (χ1) is 17.4. The summed E-state index contributed by atoms with van der Waals surface area (Å²) in [7, 11) is 1.67. The van der Waals surface area contributed by atoms with Gasteiger partial charge in [-0.05, 0) is 61.1 Å². The normalized spacial score (nSPS) is 17.7. The zero-order valence-electron chi connectivity index (χ0n) is 21.9. The van der Waals surface area contributed by atoms with E-state index in [-0.39, 0.29) is 18.3 Å². The van der Waals surface area contributed by atoms with Crippen molar-refractivity contribution in [1.29, 1.82) is 0 Å². The third kappa shape index (κ3) is 6.00. The van der Waals surface area contributed by atoms with Crippen LogP contribution in [0, 0.1) is 13.8 Å². The van der Waals surface area contributed by atoms with Gasteiger partial charge in [-0.15, -0.1) is 12.4 Å².